The highest BCUT2D eigenvalue weighted by molar-refractivity contribution is 5.93. The number of rotatable bonds is 3. The van der Waals surface area contributed by atoms with Gasteiger partial charge in [-0.15, -0.1) is 5.10 Å². The molecule has 0 aliphatic rings. The maximum absolute atomic E-state index is 11.8. The second-order valence-corrected chi connectivity index (χ2v) is 6.04. The lowest BCUT2D eigenvalue weighted by Gasteiger charge is -2.08. The number of nitrogens with zero attached hydrogens (tertiary/aromatic N) is 3. The Labute approximate surface area is 161 Å². The number of carbonyl (C=O) groups is 1. The predicted molar refractivity (Wildman–Crippen MR) is 106 cm³/mol. The molecule has 0 atom stereocenters. The molecule has 0 amide bonds. The fourth-order valence-electron chi connectivity index (χ4n) is 2.84. The van der Waals surface area contributed by atoms with Crippen LogP contribution in [0.5, 0.6) is 0 Å². The third kappa shape index (κ3) is 3.53. The first-order valence-corrected chi connectivity index (χ1v) is 8.64. The molecule has 0 unspecified atom stereocenters. The zero-order valence-electron chi connectivity index (χ0n) is 14.8. The lowest BCUT2D eigenvalue weighted by molar-refractivity contribution is 0.0696. The molecule has 0 aliphatic heterocycles. The normalized spacial score (nSPS) is 10.1. The van der Waals surface area contributed by atoms with Crippen molar-refractivity contribution < 1.29 is 9.90 Å². The summed E-state index contributed by atoms with van der Waals surface area (Å²) in [5, 5.41) is 18.0. The average molecular weight is 365 g/mol. The van der Waals surface area contributed by atoms with E-state index in [1.54, 1.807) is 18.3 Å². The highest BCUT2D eigenvalue weighted by Gasteiger charge is 2.17. The van der Waals surface area contributed by atoms with Crippen LogP contribution in [0.4, 0.5) is 0 Å². The van der Waals surface area contributed by atoms with Crippen molar-refractivity contribution in [1.29, 1.82) is 0 Å². The van der Waals surface area contributed by atoms with Gasteiger partial charge in [-0.2, -0.15) is 0 Å². The maximum atomic E-state index is 11.8. The van der Waals surface area contributed by atoms with Crippen molar-refractivity contribution in [2.45, 2.75) is 0 Å². The summed E-state index contributed by atoms with van der Waals surface area (Å²) >= 11 is 0. The third-order valence-electron chi connectivity index (χ3n) is 4.17. The Bertz CT molecular complexity index is 1190. The number of aromatic carboxylic acids is 1. The van der Waals surface area contributed by atoms with Gasteiger partial charge in [-0.1, -0.05) is 71.7 Å². The molecule has 0 spiro atoms. The molecule has 28 heavy (non-hydrogen) atoms. The summed E-state index contributed by atoms with van der Waals surface area (Å²) in [5.41, 5.74) is 3.48. The molecule has 0 radical (unpaired) electrons. The second kappa shape index (κ2) is 7.60. The summed E-state index contributed by atoms with van der Waals surface area (Å²) in [6.07, 6.45) is 1.71. The van der Waals surface area contributed by atoms with Gasteiger partial charge in [0.2, 0.25) is 0 Å². The number of hydrogen-bond donors (Lipinski definition) is 1. The van der Waals surface area contributed by atoms with Gasteiger partial charge in [0.15, 0.2) is 0 Å². The largest absolute Gasteiger partial charge is 0.478 e. The van der Waals surface area contributed by atoms with Crippen molar-refractivity contribution in [3.8, 4) is 28.8 Å². The molecule has 3 aromatic carbocycles. The van der Waals surface area contributed by atoms with Gasteiger partial charge in [-0.05, 0) is 24.3 Å². The van der Waals surface area contributed by atoms with Crippen LogP contribution in [0.25, 0.3) is 16.9 Å². The van der Waals surface area contributed by atoms with E-state index < -0.39 is 5.97 Å². The quantitative estimate of drug-likeness (QED) is 0.557. The number of aromatic nitrogens is 3. The van der Waals surface area contributed by atoms with Crippen LogP contribution in [-0.4, -0.2) is 26.1 Å². The number of carboxylic acid groups (broad SMARTS) is 1. The number of carboxylic acids is 1. The van der Waals surface area contributed by atoms with Crippen LogP contribution in [0, 0.1) is 11.8 Å². The van der Waals surface area contributed by atoms with E-state index in [2.05, 4.69) is 22.2 Å². The van der Waals surface area contributed by atoms with Crippen molar-refractivity contribution in [3.63, 3.8) is 0 Å². The Kier molecular flexibility index (Phi) is 4.68. The summed E-state index contributed by atoms with van der Waals surface area (Å²) in [5.74, 6) is 5.10. The molecule has 1 heterocycles. The van der Waals surface area contributed by atoms with E-state index in [1.165, 1.54) is 10.7 Å². The smallest absolute Gasteiger partial charge is 0.337 e. The summed E-state index contributed by atoms with van der Waals surface area (Å²) in [6, 6.07) is 24.1. The topological polar surface area (TPSA) is 68.0 Å². The maximum Gasteiger partial charge on any atom is 0.337 e. The number of benzene rings is 3. The zero-order chi connectivity index (χ0) is 19.3. The lowest BCUT2D eigenvalue weighted by atomic mass is 10.1. The first kappa shape index (κ1) is 17.3. The predicted octanol–water partition coefficient (Wildman–Crippen LogP) is 4.03. The van der Waals surface area contributed by atoms with Crippen molar-refractivity contribution >= 4 is 5.97 Å². The van der Waals surface area contributed by atoms with Gasteiger partial charge in [0, 0.05) is 11.1 Å². The molecule has 1 N–H and O–H groups in total. The molecule has 0 bridgehead atoms. The minimum atomic E-state index is -1.05. The first-order chi connectivity index (χ1) is 13.7. The Morgan fingerprint density at radius 3 is 2.29 bits per heavy atom. The van der Waals surface area contributed by atoms with Gasteiger partial charge in [-0.3, -0.25) is 0 Å². The molecule has 4 rings (SSSR count). The van der Waals surface area contributed by atoms with Crippen LogP contribution in [-0.2, 0) is 0 Å². The Morgan fingerprint density at radius 1 is 0.857 bits per heavy atom. The monoisotopic (exact) mass is 365 g/mol. The van der Waals surface area contributed by atoms with Crippen LogP contribution < -0.4 is 0 Å². The average Bonchev–Trinajstić information content (AvgIpc) is 3.23. The second-order valence-electron chi connectivity index (χ2n) is 6.04. The standard InChI is InChI=1S/C23H15N3O2/c27-23(28)20-13-7-12-19(15-14-17-8-3-1-4-9-17)22(20)26-16-21(24-25-26)18-10-5-2-6-11-18/h1-13,16H,(H,27,28). The minimum absolute atomic E-state index is 0.115. The van der Waals surface area contributed by atoms with Crippen LogP contribution in [0.15, 0.2) is 85.1 Å². The Balaban J connectivity index is 1.83. The van der Waals surface area contributed by atoms with Gasteiger partial charge in [-0.25, -0.2) is 9.48 Å². The molecule has 0 saturated heterocycles. The van der Waals surface area contributed by atoms with E-state index >= 15 is 0 Å². The van der Waals surface area contributed by atoms with Crippen LogP contribution >= 0.6 is 0 Å². The van der Waals surface area contributed by atoms with Crippen molar-refractivity contribution in [3.05, 3.63) is 102 Å². The molecule has 134 valence electrons. The van der Waals surface area contributed by atoms with E-state index in [0.717, 1.165) is 11.1 Å². The van der Waals surface area contributed by atoms with Crippen LogP contribution in [0.2, 0.25) is 0 Å². The highest BCUT2D eigenvalue weighted by Crippen LogP contribution is 2.22. The van der Waals surface area contributed by atoms with Gasteiger partial charge >= 0.3 is 5.97 Å². The van der Waals surface area contributed by atoms with Gasteiger partial charge in [0.05, 0.1) is 23.0 Å². The molecule has 0 fully saturated rings. The summed E-state index contributed by atoms with van der Waals surface area (Å²) in [4.78, 5) is 11.8. The van der Waals surface area contributed by atoms with Gasteiger partial charge < -0.3 is 5.11 Å². The Morgan fingerprint density at radius 2 is 1.57 bits per heavy atom. The van der Waals surface area contributed by atoms with Gasteiger partial charge in [0.25, 0.3) is 0 Å². The minimum Gasteiger partial charge on any atom is -0.478 e. The number of hydrogen-bond acceptors (Lipinski definition) is 3. The van der Waals surface area contributed by atoms with Crippen LogP contribution in [0.3, 0.4) is 0 Å². The van der Waals surface area contributed by atoms with E-state index in [9.17, 15) is 9.90 Å². The molecule has 1 aromatic heterocycles. The fraction of sp³-hybridized carbons (Fsp3) is 0. The highest BCUT2D eigenvalue weighted by atomic mass is 16.4. The third-order valence-corrected chi connectivity index (χ3v) is 4.17. The molecular weight excluding hydrogens is 350 g/mol. The SMILES string of the molecule is O=C(O)c1cccc(C#Cc2ccccc2)c1-n1cc(-c2ccccc2)nn1. The molecular formula is C23H15N3O2. The van der Waals surface area contributed by atoms with Crippen molar-refractivity contribution in [2.24, 2.45) is 0 Å². The summed E-state index contributed by atoms with van der Waals surface area (Å²) in [6.45, 7) is 0. The fourth-order valence-corrected chi connectivity index (χ4v) is 2.84. The molecule has 5 nitrogen and oxygen atoms in total. The summed E-state index contributed by atoms with van der Waals surface area (Å²) in [7, 11) is 0. The molecule has 5 heteroatoms. The van der Waals surface area contributed by atoms with E-state index in [4.69, 9.17) is 0 Å². The molecule has 4 aromatic rings. The van der Waals surface area contributed by atoms with E-state index in [-0.39, 0.29) is 5.56 Å². The van der Waals surface area contributed by atoms with Crippen molar-refractivity contribution in [1.82, 2.24) is 15.0 Å². The van der Waals surface area contributed by atoms with Crippen molar-refractivity contribution in [2.75, 3.05) is 0 Å². The lowest BCUT2D eigenvalue weighted by Crippen LogP contribution is -2.08. The van der Waals surface area contributed by atoms with Gasteiger partial charge in [0.1, 0.15) is 5.69 Å². The first-order valence-electron chi connectivity index (χ1n) is 8.64. The van der Waals surface area contributed by atoms with E-state index in [1.807, 2.05) is 60.7 Å². The Hall–Kier alpha value is -4.17. The zero-order valence-corrected chi connectivity index (χ0v) is 14.8. The molecule has 0 saturated carbocycles. The summed E-state index contributed by atoms with van der Waals surface area (Å²) < 4.78 is 1.47. The number of para-hydroxylation sites is 1. The van der Waals surface area contributed by atoms with Crippen LogP contribution in [0.1, 0.15) is 21.5 Å². The molecule has 0 aliphatic carbocycles. The van der Waals surface area contributed by atoms with E-state index in [0.29, 0.717) is 16.9 Å².